The van der Waals surface area contributed by atoms with Crippen LogP contribution >= 0.6 is 0 Å². The van der Waals surface area contributed by atoms with Gasteiger partial charge >= 0.3 is 5.97 Å². The van der Waals surface area contributed by atoms with Crippen LogP contribution in [0.5, 0.6) is 0 Å². The van der Waals surface area contributed by atoms with E-state index in [-0.39, 0.29) is 16.9 Å². The lowest BCUT2D eigenvalue weighted by molar-refractivity contribution is 0.0697. The molecular formula is C14H12FN3O3. The zero-order valence-electron chi connectivity index (χ0n) is 11.1. The number of amides is 1. The molecule has 1 aromatic heterocycles. The van der Waals surface area contributed by atoms with Crippen molar-refractivity contribution in [3.63, 3.8) is 0 Å². The van der Waals surface area contributed by atoms with Gasteiger partial charge in [-0.1, -0.05) is 0 Å². The van der Waals surface area contributed by atoms with E-state index in [0.29, 0.717) is 5.69 Å². The van der Waals surface area contributed by atoms with E-state index >= 15 is 0 Å². The van der Waals surface area contributed by atoms with Gasteiger partial charge in [0.2, 0.25) is 0 Å². The molecule has 0 spiro atoms. The van der Waals surface area contributed by atoms with Crippen molar-refractivity contribution in [3.05, 3.63) is 53.6 Å². The third-order valence-corrected chi connectivity index (χ3v) is 2.89. The van der Waals surface area contributed by atoms with Crippen LogP contribution in [0.1, 0.15) is 20.8 Å². The van der Waals surface area contributed by atoms with Crippen molar-refractivity contribution in [2.75, 3.05) is 17.7 Å². The number of hydrogen-bond donors (Lipinski definition) is 2. The SMILES string of the molecule is CN(C(=O)c1ccc(F)cn1)c1ccc(C(=O)O)cc1N. The molecule has 2 aromatic rings. The summed E-state index contributed by atoms with van der Waals surface area (Å²) in [6, 6.07) is 6.43. The number of carboxylic acids is 1. The maximum absolute atomic E-state index is 12.8. The molecule has 21 heavy (non-hydrogen) atoms. The fourth-order valence-corrected chi connectivity index (χ4v) is 1.78. The highest BCUT2D eigenvalue weighted by Crippen LogP contribution is 2.24. The van der Waals surface area contributed by atoms with Gasteiger partial charge in [0.05, 0.1) is 23.1 Å². The predicted octanol–water partition coefficient (Wildman–Crippen LogP) is 1.78. The van der Waals surface area contributed by atoms with Crippen molar-refractivity contribution < 1.29 is 19.1 Å². The van der Waals surface area contributed by atoms with E-state index in [9.17, 15) is 14.0 Å². The van der Waals surface area contributed by atoms with Crippen LogP contribution in [0.15, 0.2) is 36.5 Å². The summed E-state index contributed by atoms with van der Waals surface area (Å²) in [7, 11) is 1.47. The number of aromatic nitrogens is 1. The Bertz CT molecular complexity index is 701. The van der Waals surface area contributed by atoms with Gasteiger partial charge in [0.1, 0.15) is 11.5 Å². The Morgan fingerprint density at radius 1 is 1.29 bits per heavy atom. The molecule has 3 N–H and O–H groups in total. The number of nitrogen functional groups attached to an aromatic ring is 1. The second kappa shape index (κ2) is 5.58. The smallest absolute Gasteiger partial charge is 0.335 e. The summed E-state index contributed by atoms with van der Waals surface area (Å²) < 4.78 is 12.8. The standard InChI is InChI=1S/C14H12FN3O3/c1-18(13(19)11-4-3-9(15)7-17-11)12-5-2-8(14(20)21)6-10(12)16/h2-7H,16H2,1H3,(H,20,21). The van der Waals surface area contributed by atoms with Crippen LogP contribution in [0.4, 0.5) is 15.8 Å². The molecule has 0 aliphatic heterocycles. The first kappa shape index (κ1) is 14.4. The molecule has 7 heteroatoms. The normalized spacial score (nSPS) is 10.2. The molecule has 0 aliphatic rings. The van der Waals surface area contributed by atoms with Gasteiger partial charge in [0.15, 0.2) is 0 Å². The van der Waals surface area contributed by atoms with Gasteiger partial charge < -0.3 is 15.7 Å². The molecule has 0 unspecified atom stereocenters. The van der Waals surface area contributed by atoms with Crippen LogP contribution in [0.3, 0.4) is 0 Å². The summed E-state index contributed by atoms with van der Waals surface area (Å²) in [5, 5.41) is 8.87. The maximum atomic E-state index is 12.8. The fourth-order valence-electron chi connectivity index (χ4n) is 1.78. The Kier molecular flexibility index (Phi) is 3.84. The molecule has 0 saturated heterocycles. The number of anilines is 2. The van der Waals surface area contributed by atoms with Gasteiger partial charge in [0, 0.05) is 7.05 Å². The lowest BCUT2D eigenvalue weighted by atomic mass is 10.1. The molecule has 0 fully saturated rings. The average molecular weight is 289 g/mol. The molecule has 0 saturated carbocycles. The molecule has 0 bridgehead atoms. The van der Waals surface area contributed by atoms with Crippen molar-refractivity contribution in [3.8, 4) is 0 Å². The Balaban J connectivity index is 2.31. The fraction of sp³-hybridized carbons (Fsp3) is 0.0714. The minimum atomic E-state index is -1.11. The summed E-state index contributed by atoms with van der Waals surface area (Å²) in [5.41, 5.74) is 6.33. The van der Waals surface area contributed by atoms with Crippen molar-refractivity contribution in [2.24, 2.45) is 0 Å². The monoisotopic (exact) mass is 289 g/mol. The number of nitrogens with two attached hydrogens (primary N) is 1. The molecule has 1 heterocycles. The number of rotatable bonds is 3. The Morgan fingerprint density at radius 3 is 2.52 bits per heavy atom. The van der Waals surface area contributed by atoms with Gasteiger partial charge in [-0.3, -0.25) is 4.79 Å². The average Bonchev–Trinajstić information content (AvgIpc) is 2.46. The van der Waals surface area contributed by atoms with E-state index in [0.717, 1.165) is 12.3 Å². The first-order valence-electron chi connectivity index (χ1n) is 5.92. The van der Waals surface area contributed by atoms with Crippen LogP contribution < -0.4 is 10.6 Å². The summed E-state index contributed by atoms with van der Waals surface area (Å²) in [5.74, 6) is -2.13. The lowest BCUT2D eigenvalue weighted by Gasteiger charge is -2.19. The predicted molar refractivity (Wildman–Crippen MR) is 74.7 cm³/mol. The zero-order chi connectivity index (χ0) is 15.6. The maximum Gasteiger partial charge on any atom is 0.335 e. The van der Waals surface area contributed by atoms with Crippen LogP contribution in [0, 0.1) is 5.82 Å². The van der Waals surface area contributed by atoms with Gasteiger partial charge in [-0.25, -0.2) is 14.2 Å². The van der Waals surface area contributed by atoms with Gasteiger partial charge in [-0.05, 0) is 30.3 Å². The summed E-state index contributed by atoms with van der Waals surface area (Å²) >= 11 is 0. The zero-order valence-corrected chi connectivity index (χ0v) is 11.1. The van der Waals surface area contributed by atoms with Gasteiger partial charge in [0.25, 0.3) is 5.91 Å². The number of pyridine rings is 1. The van der Waals surface area contributed by atoms with Crippen LogP contribution in [-0.2, 0) is 0 Å². The molecule has 1 aromatic carbocycles. The van der Waals surface area contributed by atoms with Crippen molar-refractivity contribution in [1.29, 1.82) is 0 Å². The lowest BCUT2D eigenvalue weighted by Crippen LogP contribution is -2.28. The third-order valence-electron chi connectivity index (χ3n) is 2.89. The van der Waals surface area contributed by atoms with E-state index in [1.165, 1.54) is 36.2 Å². The highest BCUT2D eigenvalue weighted by atomic mass is 19.1. The van der Waals surface area contributed by atoms with Gasteiger partial charge in [-0.2, -0.15) is 0 Å². The number of benzene rings is 1. The quantitative estimate of drug-likeness (QED) is 0.839. The minimum Gasteiger partial charge on any atom is -0.478 e. The third kappa shape index (κ3) is 2.97. The van der Waals surface area contributed by atoms with Crippen LogP contribution in [-0.4, -0.2) is 29.0 Å². The van der Waals surface area contributed by atoms with Crippen molar-refractivity contribution >= 4 is 23.3 Å². The van der Waals surface area contributed by atoms with Crippen molar-refractivity contribution in [2.45, 2.75) is 0 Å². The number of nitrogens with zero attached hydrogens (tertiary/aromatic N) is 2. The Hall–Kier alpha value is -2.96. The summed E-state index contributed by atoms with van der Waals surface area (Å²) in [4.78, 5) is 28.0. The van der Waals surface area contributed by atoms with Crippen LogP contribution in [0.2, 0.25) is 0 Å². The number of carbonyl (C=O) groups excluding carboxylic acids is 1. The first-order chi connectivity index (χ1) is 9.90. The molecule has 6 nitrogen and oxygen atoms in total. The van der Waals surface area contributed by atoms with Crippen molar-refractivity contribution in [1.82, 2.24) is 4.98 Å². The first-order valence-corrected chi connectivity index (χ1v) is 5.92. The highest BCUT2D eigenvalue weighted by molar-refractivity contribution is 6.06. The second-order valence-corrected chi connectivity index (χ2v) is 4.30. The molecule has 0 atom stereocenters. The van der Waals surface area contributed by atoms with Gasteiger partial charge in [-0.15, -0.1) is 0 Å². The molecule has 2 rings (SSSR count). The van der Waals surface area contributed by atoms with E-state index < -0.39 is 17.7 Å². The molecule has 108 valence electrons. The highest BCUT2D eigenvalue weighted by Gasteiger charge is 2.18. The molecule has 1 amide bonds. The minimum absolute atomic E-state index is 0.0250. The second-order valence-electron chi connectivity index (χ2n) is 4.30. The van der Waals surface area contributed by atoms with E-state index in [1.807, 2.05) is 0 Å². The van der Waals surface area contributed by atoms with E-state index in [4.69, 9.17) is 10.8 Å². The summed E-state index contributed by atoms with van der Waals surface area (Å²) in [6.45, 7) is 0. The number of hydrogen-bond acceptors (Lipinski definition) is 4. The van der Waals surface area contributed by atoms with Crippen LogP contribution in [0.25, 0.3) is 0 Å². The number of carbonyl (C=O) groups is 2. The largest absolute Gasteiger partial charge is 0.478 e. The Labute approximate surface area is 119 Å². The molecule has 0 aliphatic carbocycles. The molecular weight excluding hydrogens is 277 g/mol. The molecule has 0 radical (unpaired) electrons. The van der Waals surface area contributed by atoms with E-state index in [2.05, 4.69) is 4.98 Å². The Morgan fingerprint density at radius 2 is 2.00 bits per heavy atom. The number of carboxylic acid groups (broad SMARTS) is 1. The number of aromatic carboxylic acids is 1. The van der Waals surface area contributed by atoms with E-state index in [1.54, 1.807) is 0 Å². The summed E-state index contributed by atoms with van der Waals surface area (Å²) in [6.07, 6.45) is 0.942. The topological polar surface area (TPSA) is 96.5 Å². The number of halogens is 1.